The number of aromatic nitrogens is 1. The summed E-state index contributed by atoms with van der Waals surface area (Å²) in [6, 6.07) is 14.0. The number of benzene rings is 2. The maximum absolute atomic E-state index is 9.67. The highest BCUT2D eigenvalue weighted by molar-refractivity contribution is 5.47. The monoisotopic (exact) mass is 490 g/mol. The summed E-state index contributed by atoms with van der Waals surface area (Å²) in [7, 11) is 3.34. The number of methoxy groups -OCH3 is 2. The van der Waals surface area contributed by atoms with Crippen molar-refractivity contribution in [2.45, 2.75) is 45.8 Å². The zero-order chi connectivity index (χ0) is 25.5. The highest BCUT2D eigenvalue weighted by Gasteiger charge is 2.27. The van der Waals surface area contributed by atoms with Crippen LogP contribution in [0, 0.1) is 25.2 Å². The van der Waals surface area contributed by atoms with Crippen LogP contribution in [-0.4, -0.2) is 43.7 Å². The van der Waals surface area contributed by atoms with Gasteiger partial charge >= 0.3 is 0 Å². The minimum atomic E-state index is 0.00176. The van der Waals surface area contributed by atoms with Gasteiger partial charge in [-0.3, -0.25) is 4.90 Å². The molecule has 1 aromatic heterocycles. The van der Waals surface area contributed by atoms with E-state index >= 15 is 0 Å². The molecule has 8 nitrogen and oxygen atoms in total. The first-order valence-electron chi connectivity index (χ1n) is 12.3. The number of anilines is 1. The zero-order valence-corrected chi connectivity index (χ0v) is 21.5. The number of oxazole rings is 1. The second-order valence-corrected chi connectivity index (χ2v) is 9.06. The first-order valence-corrected chi connectivity index (χ1v) is 12.3. The number of nitriles is 1. The van der Waals surface area contributed by atoms with Gasteiger partial charge in [-0.2, -0.15) is 10.2 Å². The molecular weight excluding hydrogens is 456 g/mol. The van der Waals surface area contributed by atoms with Gasteiger partial charge in [-0.1, -0.05) is 24.1 Å². The molecule has 3 aromatic rings. The highest BCUT2D eigenvalue weighted by Crippen LogP contribution is 2.35. The largest absolute Gasteiger partial charge is 0.497 e. The van der Waals surface area contributed by atoms with Crippen molar-refractivity contribution in [2.24, 2.45) is 0 Å². The lowest BCUT2D eigenvalue weighted by molar-refractivity contribution is 0.167. The maximum atomic E-state index is 9.67. The maximum Gasteiger partial charge on any atom is 0.236 e. The van der Waals surface area contributed by atoms with E-state index in [0.29, 0.717) is 18.3 Å². The second-order valence-electron chi connectivity index (χ2n) is 9.06. The van der Waals surface area contributed by atoms with Crippen LogP contribution < -0.4 is 19.5 Å². The molecular formula is C28H34N4O4. The molecule has 8 heteroatoms. The summed E-state index contributed by atoms with van der Waals surface area (Å²) >= 11 is 0. The SMILES string of the molecule is COc1ccc(OC)c([C@@H](CNc2oc(COc3ccc(C)cc3C)nc2C#N)N2CCCCC2)c1. The first-order chi connectivity index (χ1) is 17.5. The third kappa shape index (κ3) is 5.92. The van der Waals surface area contributed by atoms with Crippen LogP contribution in [0.15, 0.2) is 40.8 Å². The molecule has 1 atom stereocenters. The van der Waals surface area contributed by atoms with Crippen molar-refractivity contribution in [3.63, 3.8) is 0 Å². The van der Waals surface area contributed by atoms with Crippen molar-refractivity contribution in [1.82, 2.24) is 9.88 Å². The lowest BCUT2D eigenvalue weighted by Gasteiger charge is -2.35. The zero-order valence-electron chi connectivity index (χ0n) is 21.5. The number of aryl methyl sites for hydroxylation is 2. The number of nitrogens with zero attached hydrogens (tertiary/aromatic N) is 3. The molecule has 4 rings (SSSR count). The normalized spacial score (nSPS) is 14.6. The molecule has 0 spiro atoms. The van der Waals surface area contributed by atoms with Crippen molar-refractivity contribution in [1.29, 1.82) is 5.26 Å². The molecule has 36 heavy (non-hydrogen) atoms. The molecule has 1 aliphatic heterocycles. The van der Waals surface area contributed by atoms with Gasteiger partial charge in [0.05, 0.1) is 20.3 Å². The van der Waals surface area contributed by atoms with Crippen molar-refractivity contribution < 1.29 is 18.6 Å². The van der Waals surface area contributed by atoms with E-state index < -0.39 is 0 Å². The van der Waals surface area contributed by atoms with Gasteiger partial charge in [0, 0.05) is 12.1 Å². The predicted molar refractivity (Wildman–Crippen MR) is 138 cm³/mol. The first kappa shape index (κ1) is 25.4. The number of ether oxygens (including phenoxy) is 3. The average molecular weight is 491 g/mol. The molecule has 0 unspecified atom stereocenters. The van der Waals surface area contributed by atoms with E-state index in [1.807, 2.05) is 44.2 Å². The number of likely N-dealkylation sites (tertiary alicyclic amines) is 1. The Balaban J connectivity index is 1.53. The van der Waals surface area contributed by atoms with Gasteiger partial charge in [0.2, 0.25) is 17.5 Å². The Labute approximate surface area is 212 Å². The van der Waals surface area contributed by atoms with Gasteiger partial charge < -0.3 is 23.9 Å². The van der Waals surface area contributed by atoms with Crippen LogP contribution >= 0.6 is 0 Å². The van der Waals surface area contributed by atoms with E-state index in [1.165, 1.54) is 12.0 Å². The Morgan fingerprint density at radius 3 is 2.53 bits per heavy atom. The molecule has 1 saturated heterocycles. The average Bonchev–Trinajstić information content (AvgIpc) is 3.31. The van der Waals surface area contributed by atoms with Gasteiger partial charge in [0.1, 0.15) is 23.3 Å². The molecule has 0 saturated carbocycles. The Kier molecular flexibility index (Phi) is 8.34. The van der Waals surface area contributed by atoms with Gasteiger partial charge in [-0.25, -0.2) is 0 Å². The standard InChI is InChI=1S/C28H34N4O4/c1-19-8-10-25(20(2)14-19)35-18-27-31-23(16-29)28(36-27)30-17-24(32-12-6-5-7-13-32)22-15-21(33-3)9-11-26(22)34-4/h8-11,14-15,24,30H,5-7,12-13,17-18H2,1-4H3/t24-/m1/s1. The van der Waals surface area contributed by atoms with E-state index in [0.717, 1.165) is 54.3 Å². The molecule has 0 bridgehead atoms. The molecule has 1 N–H and O–H groups in total. The predicted octanol–water partition coefficient (Wildman–Crippen LogP) is 5.40. The van der Waals surface area contributed by atoms with E-state index in [-0.39, 0.29) is 18.3 Å². The van der Waals surface area contributed by atoms with Crippen LogP contribution in [0.1, 0.15) is 53.6 Å². The summed E-state index contributed by atoms with van der Waals surface area (Å²) in [5, 5.41) is 13.0. The summed E-state index contributed by atoms with van der Waals surface area (Å²) in [4.78, 5) is 6.79. The second kappa shape index (κ2) is 11.8. The lowest BCUT2D eigenvalue weighted by atomic mass is 10.00. The fraction of sp³-hybridized carbons (Fsp3) is 0.429. The Morgan fingerprint density at radius 1 is 1.06 bits per heavy atom. The fourth-order valence-electron chi connectivity index (χ4n) is 4.68. The van der Waals surface area contributed by atoms with Crippen molar-refractivity contribution >= 4 is 5.88 Å². The molecule has 0 amide bonds. The number of piperidine rings is 1. The Hall–Kier alpha value is -3.70. The highest BCUT2D eigenvalue weighted by atomic mass is 16.5. The minimum absolute atomic E-state index is 0.00176. The van der Waals surface area contributed by atoms with E-state index in [4.69, 9.17) is 18.6 Å². The van der Waals surface area contributed by atoms with Crippen LogP contribution in [0.25, 0.3) is 0 Å². The molecule has 2 aromatic carbocycles. The number of rotatable bonds is 10. The molecule has 1 fully saturated rings. The van der Waals surface area contributed by atoms with Crippen molar-refractivity contribution in [3.8, 4) is 23.3 Å². The van der Waals surface area contributed by atoms with Crippen molar-refractivity contribution in [3.05, 3.63) is 64.7 Å². The Morgan fingerprint density at radius 2 is 1.83 bits per heavy atom. The van der Waals surface area contributed by atoms with Crippen LogP contribution in [-0.2, 0) is 6.61 Å². The molecule has 1 aliphatic rings. The van der Waals surface area contributed by atoms with Gasteiger partial charge in [0.25, 0.3) is 0 Å². The molecule has 190 valence electrons. The smallest absolute Gasteiger partial charge is 0.236 e. The lowest BCUT2D eigenvalue weighted by Crippen LogP contribution is -2.37. The minimum Gasteiger partial charge on any atom is -0.497 e. The molecule has 0 aliphatic carbocycles. The topological polar surface area (TPSA) is 92.8 Å². The van der Waals surface area contributed by atoms with E-state index in [2.05, 4.69) is 27.3 Å². The molecule has 0 radical (unpaired) electrons. The number of hydrogen-bond acceptors (Lipinski definition) is 8. The fourth-order valence-corrected chi connectivity index (χ4v) is 4.68. The quantitative estimate of drug-likeness (QED) is 0.404. The summed E-state index contributed by atoms with van der Waals surface area (Å²) < 4.78 is 23.0. The van der Waals surface area contributed by atoms with Gasteiger partial charge in [0.15, 0.2) is 6.61 Å². The number of hydrogen-bond donors (Lipinski definition) is 1. The van der Waals surface area contributed by atoms with E-state index in [9.17, 15) is 5.26 Å². The van der Waals surface area contributed by atoms with E-state index in [1.54, 1.807) is 14.2 Å². The third-order valence-corrected chi connectivity index (χ3v) is 6.54. The summed E-state index contributed by atoms with van der Waals surface area (Å²) in [5.74, 6) is 3.04. The van der Waals surface area contributed by atoms with Crippen LogP contribution in [0.5, 0.6) is 17.2 Å². The summed E-state index contributed by atoms with van der Waals surface area (Å²) in [6.07, 6.45) is 3.53. The van der Waals surface area contributed by atoms with Gasteiger partial charge in [-0.05, 0) is 69.6 Å². The van der Waals surface area contributed by atoms with Gasteiger partial charge in [-0.15, -0.1) is 0 Å². The van der Waals surface area contributed by atoms with Crippen LogP contribution in [0.3, 0.4) is 0 Å². The third-order valence-electron chi connectivity index (χ3n) is 6.54. The number of nitrogens with one attached hydrogen (secondary N) is 1. The summed E-state index contributed by atoms with van der Waals surface area (Å²) in [6.45, 7) is 6.68. The summed E-state index contributed by atoms with van der Waals surface area (Å²) in [5.41, 5.74) is 3.45. The van der Waals surface area contributed by atoms with Crippen LogP contribution in [0.4, 0.5) is 5.88 Å². The molecule has 2 heterocycles. The van der Waals surface area contributed by atoms with Crippen LogP contribution in [0.2, 0.25) is 0 Å². The van der Waals surface area contributed by atoms with Crippen molar-refractivity contribution in [2.75, 3.05) is 39.2 Å². The Bertz CT molecular complexity index is 1210.